The van der Waals surface area contributed by atoms with Crippen molar-refractivity contribution in [1.29, 1.82) is 0 Å². The Morgan fingerprint density at radius 3 is 2.58 bits per heavy atom. The van der Waals surface area contributed by atoms with Gasteiger partial charge in [0.1, 0.15) is 6.04 Å². The predicted molar refractivity (Wildman–Crippen MR) is 78.2 cm³/mol. The van der Waals surface area contributed by atoms with Crippen molar-refractivity contribution in [2.24, 2.45) is 5.92 Å². The molecule has 0 aromatic heterocycles. The zero-order valence-electron chi connectivity index (χ0n) is 13.0. The fourth-order valence-electron chi connectivity index (χ4n) is 2.83. The van der Waals surface area contributed by atoms with Crippen LogP contribution in [0.2, 0.25) is 0 Å². The lowest BCUT2D eigenvalue weighted by Crippen LogP contribution is -2.43. The van der Waals surface area contributed by atoms with E-state index in [-0.39, 0.29) is 12.0 Å². The fourth-order valence-corrected chi connectivity index (χ4v) is 2.83. The minimum atomic E-state index is -0.0797. The van der Waals surface area contributed by atoms with Crippen LogP contribution in [0.3, 0.4) is 0 Å². The van der Waals surface area contributed by atoms with Gasteiger partial charge in [-0.15, -0.1) is 0 Å². The highest BCUT2D eigenvalue weighted by Crippen LogP contribution is 2.19. The highest BCUT2D eigenvalue weighted by Gasteiger charge is 2.26. The first kappa shape index (κ1) is 16.4. The number of hydrogen-bond acceptors (Lipinski definition) is 4. The van der Waals surface area contributed by atoms with Gasteiger partial charge in [-0.2, -0.15) is 0 Å². The summed E-state index contributed by atoms with van der Waals surface area (Å²) in [6.07, 6.45) is 5.59. The van der Waals surface area contributed by atoms with E-state index in [0.29, 0.717) is 0 Å². The van der Waals surface area contributed by atoms with Gasteiger partial charge in [0.15, 0.2) is 0 Å². The van der Waals surface area contributed by atoms with Crippen molar-refractivity contribution in [2.45, 2.75) is 45.1 Å². The van der Waals surface area contributed by atoms with Gasteiger partial charge in [0.25, 0.3) is 0 Å². The number of unbranched alkanes of at least 4 members (excludes halogenated alkanes) is 1. The number of piperidine rings is 1. The van der Waals surface area contributed by atoms with Crippen LogP contribution in [0.25, 0.3) is 0 Å². The third-order valence-electron chi connectivity index (χ3n) is 4.22. The van der Waals surface area contributed by atoms with Crippen LogP contribution in [0.5, 0.6) is 0 Å². The second kappa shape index (κ2) is 8.54. The van der Waals surface area contributed by atoms with E-state index in [1.165, 1.54) is 33.0 Å². The lowest BCUT2D eigenvalue weighted by atomic mass is 9.95. The number of likely N-dealkylation sites (N-methyl/N-ethyl adjacent to an activating group) is 1. The van der Waals surface area contributed by atoms with Crippen LogP contribution in [0.15, 0.2) is 0 Å². The SMILES string of the molecule is CCCCC(C(=O)OC)N(C)CC1CCN(C)CC1. The summed E-state index contributed by atoms with van der Waals surface area (Å²) in [4.78, 5) is 16.5. The van der Waals surface area contributed by atoms with Gasteiger partial charge in [-0.25, -0.2) is 0 Å². The second-order valence-corrected chi connectivity index (χ2v) is 5.87. The van der Waals surface area contributed by atoms with Gasteiger partial charge < -0.3 is 9.64 Å². The molecule has 4 nitrogen and oxygen atoms in total. The molecule has 1 saturated heterocycles. The number of carbonyl (C=O) groups is 1. The smallest absolute Gasteiger partial charge is 0.323 e. The van der Waals surface area contributed by atoms with Crippen LogP contribution in [0.1, 0.15) is 39.0 Å². The molecule has 0 saturated carbocycles. The number of nitrogens with zero attached hydrogens (tertiary/aromatic N) is 2. The number of ether oxygens (including phenoxy) is 1. The molecular formula is C15H30N2O2. The maximum Gasteiger partial charge on any atom is 0.323 e. The molecule has 1 aliphatic rings. The van der Waals surface area contributed by atoms with Crippen molar-refractivity contribution in [3.05, 3.63) is 0 Å². The normalized spacial score (nSPS) is 19.6. The van der Waals surface area contributed by atoms with E-state index in [0.717, 1.165) is 31.7 Å². The molecule has 0 aromatic carbocycles. The topological polar surface area (TPSA) is 32.8 Å². The lowest BCUT2D eigenvalue weighted by molar-refractivity contribution is -0.147. The molecule has 1 fully saturated rings. The van der Waals surface area contributed by atoms with Crippen LogP contribution < -0.4 is 0 Å². The predicted octanol–water partition coefficient (Wildman–Crippen LogP) is 1.99. The van der Waals surface area contributed by atoms with Gasteiger partial charge in [-0.1, -0.05) is 19.8 Å². The molecule has 0 amide bonds. The molecule has 112 valence electrons. The van der Waals surface area contributed by atoms with E-state index in [9.17, 15) is 4.79 Å². The second-order valence-electron chi connectivity index (χ2n) is 5.87. The molecular weight excluding hydrogens is 240 g/mol. The number of carbonyl (C=O) groups excluding carboxylic acids is 1. The standard InChI is InChI=1S/C15H30N2O2/c1-5-6-7-14(15(18)19-4)17(3)12-13-8-10-16(2)11-9-13/h13-14H,5-12H2,1-4H3. The number of likely N-dealkylation sites (tertiary alicyclic amines) is 1. The third kappa shape index (κ3) is 5.49. The zero-order chi connectivity index (χ0) is 14.3. The highest BCUT2D eigenvalue weighted by molar-refractivity contribution is 5.75. The molecule has 0 bridgehead atoms. The minimum Gasteiger partial charge on any atom is -0.468 e. The molecule has 19 heavy (non-hydrogen) atoms. The summed E-state index contributed by atoms with van der Waals surface area (Å²) in [5, 5.41) is 0. The first-order chi connectivity index (χ1) is 9.08. The Labute approximate surface area is 118 Å². The first-order valence-corrected chi connectivity index (χ1v) is 7.55. The molecule has 0 aromatic rings. The summed E-state index contributed by atoms with van der Waals surface area (Å²) in [6.45, 7) is 5.52. The molecule has 1 atom stereocenters. The van der Waals surface area contributed by atoms with Crippen molar-refractivity contribution < 1.29 is 9.53 Å². The molecule has 0 aliphatic carbocycles. The summed E-state index contributed by atoms with van der Waals surface area (Å²) in [5.41, 5.74) is 0. The van der Waals surface area contributed by atoms with E-state index in [2.05, 4.69) is 30.8 Å². The fraction of sp³-hybridized carbons (Fsp3) is 0.933. The average Bonchev–Trinajstić information content (AvgIpc) is 2.41. The summed E-state index contributed by atoms with van der Waals surface area (Å²) < 4.78 is 4.95. The quantitative estimate of drug-likeness (QED) is 0.662. The average molecular weight is 270 g/mol. The van der Waals surface area contributed by atoms with E-state index >= 15 is 0 Å². The van der Waals surface area contributed by atoms with E-state index in [1.54, 1.807) is 0 Å². The molecule has 0 radical (unpaired) electrons. The molecule has 1 unspecified atom stereocenters. The van der Waals surface area contributed by atoms with Crippen LogP contribution in [0.4, 0.5) is 0 Å². The van der Waals surface area contributed by atoms with Gasteiger partial charge >= 0.3 is 5.97 Å². The van der Waals surface area contributed by atoms with Crippen molar-refractivity contribution in [2.75, 3.05) is 40.8 Å². The highest BCUT2D eigenvalue weighted by atomic mass is 16.5. The van der Waals surface area contributed by atoms with Crippen molar-refractivity contribution in [1.82, 2.24) is 9.80 Å². The van der Waals surface area contributed by atoms with Crippen molar-refractivity contribution in [3.8, 4) is 0 Å². The Balaban J connectivity index is 2.46. The minimum absolute atomic E-state index is 0.0652. The molecule has 1 heterocycles. The van der Waals surface area contributed by atoms with E-state index in [4.69, 9.17) is 4.74 Å². The Kier molecular flexibility index (Phi) is 7.39. The Morgan fingerprint density at radius 2 is 2.05 bits per heavy atom. The first-order valence-electron chi connectivity index (χ1n) is 7.55. The van der Waals surface area contributed by atoms with Crippen LogP contribution in [0, 0.1) is 5.92 Å². The van der Waals surface area contributed by atoms with E-state index in [1.807, 2.05) is 0 Å². The summed E-state index contributed by atoms with van der Waals surface area (Å²) in [6, 6.07) is -0.0652. The molecule has 0 N–H and O–H groups in total. The third-order valence-corrected chi connectivity index (χ3v) is 4.22. The van der Waals surface area contributed by atoms with Gasteiger partial charge in [0.05, 0.1) is 7.11 Å². The number of rotatable bonds is 7. The van der Waals surface area contributed by atoms with Gasteiger partial charge in [0, 0.05) is 6.54 Å². The largest absolute Gasteiger partial charge is 0.468 e. The van der Waals surface area contributed by atoms with Crippen LogP contribution in [-0.2, 0) is 9.53 Å². The summed E-state index contributed by atoms with van der Waals surface area (Å²) in [7, 11) is 5.73. The van der Waals surface area contributed by atoms with Gasteiger partial charge in [-0.3, -0.25) is 9.69 Å². The van der Waals surface area contributed by atoms with Crippen molar-refractivity contribution in [3.63, 3.8) is 0 Å². The van der Waals surface area contributed by atoms with Crippen molar-refractivity contribution >= 4 is 5.97 Å². The maximum atomic E-state index is 11.9. The molecule has 1 rings (SSSR count). The molecule has 0 spiro atoms. The van der Waals surface area contributed by atoms with Crippen LogP contribution in [-0.4, -0.2) is 62.7 Å². The number of esters is 1. The zero-order valence-corrected chi connectivity index (χ0v) is 13.0. The Morgan fingerprint density at radius 1 is 1.42 bits per heavy atom. The van der Waals surface area contributed by atoms with Gasteiger partial charge in [-0.05, 0) is 52.4 Å². The molecule has 1 aliphatic heterocycles. The maximum absolute atomic E-state index is 11.9. The van der Waals surface area contributed by atoms with E-state index < -0.39 is 0 Å². The summed E-state index contributed by atoms with van der Waals surface area (Å²) in [5.74, 6) is 0.638. The monoisotopic (exact) mass is 270 g/mol. The lowest BCUT2D eigenvalue weighted by Gasteiger charge is -2.34. The van der Waals surface area contributed by atoms with Gasteiger partial charge in [0.2, 0.25) is 0 Å². The van der Waals surface area contributed by atoms with Crippen LogP contribution >= 0.6 is 0 Å². The Hall–Kier alpha value is -0.610. The molecule has 4 heteroatoms. The number of methoxy groups -OCH3 is 1. The number of hydrogen-bond donors (Lipinski definition) is 0. The summed E-state index contributed by atoms with van der Waals surface area (Å²) >= 11 is 0. The Bertz CT molecular complexity index is 263.